The number of rotatable bonds is 10. The van der Waals surface area contributed by atoms with Crippen molar-refractivity contribution in [2.75, 3.05) is 26.6 Å². The molecule has 2 aromatic carbocycles. The topological polar surface area (TPSA) is 46.2 Å². The van der Waals surface area contributed by atoms with Crippen molar-refractivity contribution in [3.63, 3.8) is 0 Å². The van der Waals surface area contributed by atoms with Crippen LogP contribution in [0.3, 0.4) is 0 Å². The second kappa shape index (κ2) is 11.2. The van der Waals surface area contributed by atoms with Crippen LogP contribution in [0.5, 0.6) is 5.75 Å². The highest BCUT2D eigenvalue weighted by molar-refractivity contribution is 5.31. The summed E-state index contributed by atoms with van der Waals surface area (Å²) >= 11 is 0. The average molecular weight is 449 g/mol. The molecule has 0 aromatic heterocycles. The summed E-state index contributed by atoms with van der Waals surface area (Å²) in [5.41, 5.74) is 1.20. The van der Waals surface area contributed by atoms with E-state index >= 15 is 0 Å². The molecule has 32 heavy (non-hydrogen) atoms. The van der Waals surface area contributed by atoms with Gasteiger partial charge in [-0.1, -0.05) is 30.3 Å². The molecule has 5 nitrogen and oxygen atoms in total. The van der Waals surface area contributed by atoms with E-state index in [1.807, 2.05) is 30.3 Å². The second-order valence-electron chi connectivity index (χ2n) is 8.27. The predicted octanol–water partition coefficient (Wildman–Crippen LogP) is 5.15. The van der Waals surface area contributed by atoms with E-state index in [4.69, 9.17) is 23.7 Å². The first kappa shape index (κ1) is 23.1. The lowest BCUT2D eigenvalue weighted by atomic mass is 9.92. The van der Waals surface area contributed by atoms with Crippen LogP contribution in [0.4, 0.5) is 8.78 Å². The second-order valence-corrected chi connectivity index (χ2v) is 8.27. The Hall–Kier alpha value is -2.06. The van der Waals surface area contributed by atoms with Gasteiger partial charge >= 0.3 is 0 Å². The standard InChI is InChI=1S/C25H30F2O5/c26-22-15-24(29-17-19-6-2-1-3-7-19)23(27)14-20(22)8-5-11-28-18-30-21-9-4-10-25(16-21)31-12-13-32-25/h1-3,6-7,14-15,21H,4-5,8-13,16-18H2/t21-/m0/s1. The van der Waals surface area contributed by atoms with Crippen LogP contribution in [-0.4, -0.2) is 38.5 Å². The molecular formula is C25H30F2O5. The first-order chi connectivity index (χ1) is 15.6. The third-order valence-corrected chi connectivity index (χ3v) is 5.90. The molecule has 0 amide bonds. The van der Waals surface area contributed by atoms with Crippen molar-refractivity contribution in [2.45, 2.75) is 57.0 Å². The van der Waals surface area contributed by atoms with Gasteiger partial charge in [0, 0.05) is 25.5 Å². The van der Waals surface area contributed by atoms with Gasteiger partial charge in [0.05, 0.1) is 19.3 Å². The van der Waals surface area contributed by atoms with E-state index in [-0.39, 0.29) is 25.3 Å². The number of ether oxygens (including phenoxy) is 5. The first-order valence-electron chi connectivity index (χ1n) is 11.3. The smallest absolute Gasteiger partial charge is 0.170 e. The molecule has 1 aliphatic heterocycles. The normalized spacial score (nSPS) is 20.0. The number of halogens is 2. The maximum Gasteiger partial charge on any atom is 0.170 e. The summed E-state index contributed by atoms with van der Waals surface area (Å²) in [7, 11) is 0. The average Bonchev–Trinajstić information content (AvgIpc) is 3.25. The fraction of sp³-hybridized carbons (Fsp3) is 0.520. The van der Waals surface area contributed by atoms with E-state index in [9.17, 15) is 8.78 Å². The maximum atomic E-state index is 14.4. The Morgan fingerprint density at radius 3 is 2.66 bits per heavy atom. The van der Waals surface area contributed by atoms with Gasteiger partial charge in [0.15, 0.2) is 17.4 Å². The molecule has 1 saturated heterocycles. The molecule has 2 aliphatic rings. The zero-order chi connectivity index (χ0) is 22.2. The molecule has 1 heterocycles. The number of benzene rings is 2. The zero-order valence-electron chi connectivity index (χ0n) is 18.2. The summed E-state index contributed by atoms with van der Waals surface area (Å²) in [5, 5.41) is 0. The SMILES string of the molecule is Fc1cc(OCc2ccccc2)c(F)cc1CCCOCO[C@H]1CCCC2(C1)OCCO2. The molecule has 2 aromatic rings. The van der Waals surface area contributed by atoms with E-state index < -0.39 is 17.4 Å². The molecule has 0 bridgehead atoms. The molecule has 0 N–H and O–H groups in total. The Morgan fingerprint density at radius 1 is 1.03 bits per heavy atom. The molecule has 4 rings (SSSR count). The molecule has 0 unspecified atom stereocenters. The van der Waals surface area contributed by atoms with Crippen LogP contribution in [0.15, 0.2) is 42.5 Å². The number of hydrogen-bond acceptors (Lipinski definition) is 5. The Bertz CT molecular complexity index is 855. The summed E-state index contributed by atoms with van der Waals surface area (Å²) < 4.78 is 57.0. The van der Waals surface area contributed by atoms with Crippen molar-refractivity contribution in [3.05, 3.63) is 65.2 Å². The fourth-order valence-electron chi connectivity index (χ4n) is 4.23. The maximum absolute atomic E-state index is 14.4. The van der Waals surface area contributed by atoms with Gasteiger partial charge < -0.3 is 23.7 Å². The lowest BCUT2D eigenvalue weighted by Crippen LogP contribution is -2.39. The van der Waals surface area contributed by atoms with E-state index in [1.165, 1.54) is 6.07 Å². The summed E-state index contributed by atoms with van der Waals surface area (Å²) in [6, 6.07) is 11.7. The molecule has 0 radical (unpaired) electrons. The summed E-state index contributed by atoms with van der Waals surface area (Å²) in [5.74, 6) is -1.60. The van der Waals surface area contributed by atoms with Crippen LogP contribution < -0.4 is 4.74 Å². The highest BCUT2D eigenvalue weighted by Crippen LogP contribution is 2.36. The molecule has 7 heteroatoms. The molecule has 174 valence electrons. The lowest BCUT2D eigenvalue weighted by Gasteiger charge is -2.35. The van der Waals surface area contributed by atoms with Crippen LogP contribution in [0.25, 0.3) is 0 Å². The first-order valence-corrected chi connectivity index (χ1v) is 11.3. The Labute approximate surface area is 187 Å². The quantitative estimate of drug-likeness (QED) is 0.372. The van der Waals surface area contributed by atoms with Crippen LogP contribution in [0, 0.1) is 11.6 Å². The number of hydrogen-bond donors (Lipinski definition) is 0. The number of aryl methyl sites for hydroxylation is 1. The Balaban J connectivity index is 1.15. The summed E-state index contributed by atoms with van der Waals surface area (Å²) in [4.78, 5) is 0. The van der Waals surface area contributed by atoms with E-state index in [1.54, 1.807) is 0 Å². The molecular weight excluding hydrogens is 418 g/mol. The lowest BCUT2D eigenvalue weighted by molar-refractivity contribution is -0.212. The molecule has 1 aliphatic carbocycles. The van der Waals surface area contributed by atoms with Gasteiger partial charge in [0.25, 0.3) is 0 Å². The van der Waals surface area contributed by atoms with Gasteiger partial charge in [0.2, 0.25) is 0 Å². The van der Waals surface area contributed by atoms with Gasteiger partial charge in [-0.05, 0) is 42.9 Å². The largest absolute Gasteiger partial charge is 0.486 e. The highest BCUT2D eigenvalue weighted by atomic mass is 19.1. The van der Waals surface area contributed by atoms with Crippen molar-refractivity contribution in [1.29, 1.82) is 0 Å². The van der Waals surface area contributed by atoms with E-state index in [0.29, 0.717) is 38.2 Å². The van der Waals surface area contributed by atoms with Crippen molar-refractivity contribution < 1.29 is 32.5 Å². The van der Waals surface area contributed by atoms with Gasteiger partial charge in [-0.15, -0.1) is 0 Å². The van der Waals surface area contributed by atoms with Gasteiger partial charge in [-0.25, -0.2) is 8.78 Å². The Kier molecular flexibility index (Phi) is 8.08. The fourth-order valence-corrected chi connectivity index (χ4v) is 4.23. The molecule has 1 saturated carbocycles. The molecule has 2 fully saturated rings. The van der Waals surface area contributed by atoms with Crippen molar-refractivity contribution >= 4 is 0 Å². The Morgan fingerprint density at radius 2 is 1.84 bits per heavy atom. The summed E-state index contributed by atoms with van der Waals surface area (Å²) in [6.07, 6.45) is 4.57. The zero-order valence-corrected chi connectivity index (χ0v) is 18.2. The minimum Gasteiger partial charge on any atom is -0.486 e. The monoisotopic (exact) mass is 448 g/mol. The van der Waals surface area contributed by atoms with Crippen molar-refractivity contribution in [3.8, 4) is 5.75 Å². The van der Waals surface area contributed by atoms with E-state index in [0.717, 1.165) is 37.3 Å². The van der Waals surface area contributed by atoms with Crippen molar-refractivity contribution in [1.82, 2.24) is 0 Å². The van der Waals surface area contributed by atoms with Crippen LogP contribution >= 0.6 is 0 Å². The minimum absolute atomic E-state index is 0.0526. The molecule has 1 spiro atoms. The van der Waals surface area contributed by atoms with Crippen LogP contribution in [-0.2, 0) is 32.0 Å². The van der Waals surface area contributed by atoms with Crippen molar-refractivity contribution in [2.24, 2.45) is 0 Å². The van der Waals surface area contributed by atoms with Crippen LogP contribution in [0.1, 0.15) is 43.2 Å². The third kappa shape index (κ3) is 6.25. The van der Waals surface area contributed by atoms with Crippen LogP contribution in [0.2, 0.25) is 0 Å². The predicted molar refractivity (Wildman–Crippen MR) is 114 cm³/mol. The van der Waals surface area contributed by atoms with Gasteiger partial charge in [-0.3, -0.25) is 0 Å². The summed E-state index contributed by atoms with van der Waals surface area (Å²) in [6.45, 7) is 2.04. The third-order valence-electron chi connectivity index (χ3n) is 5.90. The molecule has 1 atom stereocenters. The minimum atomic E-state index is -0.566. The highest BCUT2D eigenvalue weighted by Gasteiger charge is 2.41. The van der Waals surface area contributed by atoms with Gasteiger partial charge in [-0.2, -0.15) is 0 Å². The van der Waals surface area contributed by atoms with E-state index in [2.05, 4.69) is 0 Å². The van der Waals surface area contributed by atoms with Gasteiger partial charge in [0.1, 0.15) is 19.2 Å².